The normalized spacial score (nSPS) is 39.6. The van der Waals surface area contributed by atoms with Crippen LogP contribution in [0, 0.1) is 11.3 Å². The molecule has 2 aliphatic rings. The molecule has 2 rings (SSSR count). The van der Waals surface area contributed by atoms with Crippen LogP contribution in [-0.2, 0) is 9.68 Å². The van der Waals surface area contributed by atoms with Crippen LogP contribution in [0.15, 0.2) is 0 Å². The van der Waals surface area contributed by atoms with Crippen molar-refractivity contribution in [3.8, 4) is 0 Å². The van der Waals surface area contributed by atoms with Gasteiger partial charge in [-0.3, -0.25) is 0 Å². The van der Waals surface area contributed by atoms with Gasteiger partial charge in [0, 0.05) is 0 Å². The summed E-state index contributed by atoms with van der Waals surface area (Å²) in [5.41, 5.74) is -0.297. The maximum atomic E-state index is 11.3. The van der Waals surface area contributed by atoms with Gasteiger partial charge in [0.1, 0.15) is 0 Å². The summed E-state index contributed by atoms with van der Waals surface area (Å²) in [4.78, 5) is 15.2. The summed E-state index contributed by atoms with van der Waals surface area (Å²) in [6.45, 7) is 0. The Balaban J connectivity index is 2.21. The van der Waals surface area contributed by atoms with Crippen LogP contribution in [0.1, 0.15) is 38.5 Å². The Bertz CT molecular complexity index is 190. The lowest BCUT2D eigenvalue weighted by molar-refractivity contribution is -0.246. The fourth-order valence-electron chi connectivity index (χ4n) is 3.02. The lowest BCUT2D eigenvalue weighted by Crippen LogP contribution is -2.31. The highest BCUT2D eigenvalue weighted by Crippen LogP contribution is 2.54. The van der Waals surface area contributed by atoms with Crippen LogP contribution in [0.2, 0.25) is 0 Å². The van der Waals surface area contributed by atoms with Crippen LogP contribution in [0.25, 0.3) is 0 Å². The van der Waals surface area contributed by atoms with E-state index in [-0.39, 0.29) is 11.4 Å². The lowest BCUT2D eigenvalue weighted by atomic mass is 9.81. The predicted octanol–water partition coefficient (Wildman–Crippen LogP) is 1.97. The minimum Gasteiger partial charge on any atom is -0.300 e. The molecule has 3 heteroatoms. The van der Waals surface area contributed by atoms with Gasteiger partial charge in [-0.2, -0.15) is 5.26 Å². The number of carbonyl (C=O) groups is 1. The number of carbonyl (C=O) groups excluding carboxylic acids is 1. The van der Waals surface area contributed by atoms with E-state index in [9.17, 15) is 4.79 Å². The third-order valence-corrected chi connectivity index (χ3v) is 3.62. The Labute approximate surface area is 71.6 Å². The predicted molar refractivity (Wildman–Crippen MR) is 42.3 cm³/mol. The second-order valence-electron chi connectivity index (χ2n) is 4.02. The van der Waals surface area contributed by atoms with Crippen LogP contribution in [0.5, 0.6) is 0 Å². The molecule has 0 aliphatic heterocycles. The second kappa shape index (κ2) is 2.73. The molecule has 0 saturated heterocycles. The summed E-state index contributed by atoms with van der Waals surface area (Å²) in [5.74, 6) is 0.0969. The van der Waals surface area contributed by atoms with E-state index in [4.69, 9.17) is 5.26 Å². The number of rotatable bonds is 1. The smallest absolute Gasteiger partial charge is 0.300 e. The Morgan fingerprint density at radius 1 is 1.33 bits per heavy atom. The summed E-state index contributed by atoms with van der Waals surface area (Å²) in [6.07, 6.45) is 6.32. The first-order chi connectivity index (χ1) is 5.79. The van der Waals surface area contributed by atoms with Gasteiger partial charge >= 0.3 is 5.97 Å². The first-order valence-corrected chi connectivity index (χ1v) is 4.65. The van der Waals surface area contributed by atoms with Crippen molar-refractivity contribution in [2.45, 2.75) is 38.5 Å². The molecule has 1 N–H and O–H groups in total. The van der Waals surface area contributed by atoms with Crippen molar-refractivity contribution in [2.24, 2.45) is 11.3 Å². The zero-order valence-corrected chi connectivity index (χ0v) is 7.08. The first-order valence-electron chi connectivity index (χ1n) is 4.65. The monoisotopic (exact) mass is 170 g/mol. The van der Waals surface area contributed by atoms with Crippen molar-refractivity contribution in [3.63, 3.8) is 0 Å². The van der Waals surface area contributed by atoms with E-state index in [2.05, 4.69) is 4.89 Å². The van der Waals surface area contributed by atoms with Crippen molar-refractivity contribution in [3.05, 3.63) is 0 Å². The largest absolute Gasteiger partial charge is 0.348 e. The molecule has 0 radical (unpaired) electrons. The number of hydrogen-bond donors (Lipinski definition) is 1. The molecule has 0 aromatic heterocycles. The van der Waals surface area contributed by atoms with Gasteiger partial charge < -0.3 is 4.89 Å². The van der Waals surface area contributed by atoms with Crippen molar-refractivity contribution >= 4 is 5.97 Å². The summed E-state index contributed by atoms with van der Waals surface area (Å²) in [6, 6.07) is 0. The molecule has 2 fully saturated rings. The third kappa shape index (κ3) is 0.891. The fourth-order valence-corrected chi connectivity index (χ4v) is 3.02. The molecule has 0 aromatic carbocycles. The van der Waals surface area contributed by atoms with Gasteiger partial charge in [-0.1, -0.05) is 12.8 Å². The minimum absolute atomic E-state index is 0.297. The lowest BCUT2D eigenvalue weighted by Gasteiger charge is -2.24. The van der Waals surface area contributed by atoms with E-state index >= 15 is 0 Å². The fraction of sp³-hybridized carbons (Fsp3) is 0.889. The molecule has 0 heterocycles. The van der Waals surface area contributed by atoms with Gasteiger partial charge in [0.15, 0.2) is 0 Å². The Morgan fingerprint density at radius 3 is 2.42 bits per heavy atom. The van der Waals surface area contributed by atoms with E-state index in [1.165, 1.54) is 0 Å². The molecule has 0 atom stereocenters. The van der Waals surface area contributed by atoms with Crippen LogP contribution in [-0.4, -0.2) is 11.2 Å². The van der Waals surface area contributed by atoms with Gasteiger partial charge in [-0.15, -0.1) is 0 Å². The van der Waals surface area contributed by atoms with Crippen LogP contribution < -0.4 is 0 Å². The van der Waals surface area contributed by atoms with E-state index in [1.54, 1.807) is 0 Å². The molecular formula is C9H14O3. The van der Waals surface area contributed by atoms with Crippen LogP contribution >= 0.6 is 0 Å². The standard InChI is InChI=1S/C9H14O3/c10-8(12-11)9-5-1-3-7(9)4-2-6-9/h7,11H,1-6H2. The Morgan fingerprint density at radius 2 is 1.92 bits per heavy atom. The SMILES string of the molecule is O=C(OO)C12CCCC1CCC2. The molecule has 2 aliphatic carbocycles. The second-order valence-corrected chi connectivity index (χ2v) is 4.02. The average molecular weight is 170 g/mol. The van der Waals surface area contributed by atoms with Gasteiger partial charge in [-0.25, -0.2) is 4.79 Å². The maximum Gasteiger partial charge on any atom is 0.348 e. The van der Waals surface area contributed by atoms with Gasteiger partial charge in [0.2, 0.25) is 0 Å². The highest BCUT2D eigenvalue weighted by atomic mass is 17.1. The molecule has 12 heavy (non-hydrogen) atoms. The molecule has 0 spiro atoms. The van der Waals surface area contributed by atoms with Gasteiger partial charge in [-0.05, 0) is 31.6 Å². The number of hydrogen-bond acceptors (Lipinski definition) is 3. The third-order valence-electron chi connectivity index (χ3n) is 3.62. The molecule has 0 unspecified atom stereocenters. The summed E-state index contributed by atoms with van der Waals surface area (Å²) in [7, 11) is 0. The van der Waals surface area contributed by atoms with Crippen LogP contribution in [0.4, 0.5) is 0 Å². The van der Waals surface area contributed by atoms with Gasteiger partial charge in [0.25, 0.3) is 0 Å². The summed E-state index contributed by atoms with van der Waals surface area (Å²) < 4.78 is 0. The Kier molecular flexibility index (Phi) is 1.83. The quantitative estimate of drug-likeness (QED) is 0.483. The van der Waals surface area contributed by atoms with Crippen molar-refractivity contribution < 1.29 is 14.9 Å². The van der Waals surface area contributed by atoms with Gasteiger partial charge in [0.05, 0.1) is 5.41 Å². The van der Waals surface area contributed by atoms with Crippen molar-refractivity contribution in [1.29, 1.82) is 0 Å². The molecule has 0 bridgehead atoms. The number of fused-ring (bicyclic) bond motifs is 1. The van der Waals surface area contributed by atoms with E-state index in [0.29, 0.717) is 5.92 Å². The molecule has 0 amide bonds. The molecule has 68 valence electrons. The van der Waals surface area contributed by atoms with E-state index in [0.717, 1.165) is 38.5 Å². The zero-order chi connectivity index (χ0) is 8.60. The first kappa shape index (κ1) is 8.05. The Hall–Kier alpha value is -0.570. The molecule has 0 aromatic rings. The molecular weight excluding hydrogens is 156 g/mol. The zero-order valence-electron chi connectivity index (χ0n) is 7.08. The molecule has 3 nitrogen and oxygen atoms in total. The highest BCUT2D eigenvalue weighted by molar-refractivity contribution is 5.77. The van der Waals surface area contributed by atoms with Crippen molar-refractivity contribution in [1.82, 2.24) is 0 Å². The van der Waals surface area contributed by atoms with Crippen molar-refractivity contribution in [2.75, 3.05) is 0 Å². The molecule has 2 saturated carbocycles. The average Bonchev–Trinajstić information content (AvgIpc) is 2.60. The van der Waals surface area contributed by atoms with E-state index < -0.39 is 0 Å². The van der Waals surface area contributed by atoms with Crippen LogP contribution in [0.3, 0.4) is 0 Å². The highest BCUT2D eigenvalue weighted by Gasteiger charge is 2.52. The topological polar surface area (TPSA) is 46.5 Å². The summed E-state index contributed by atoms with van der Waals surface area (Å²) in [5, 5.41) is 8.39. The van der Waals surface area contributed by atoms with E-state index in [1.807, 2.05) is 0 Å². The minimum atomic E-state index is -0.387. The summed E-state index contributed by atoms with van der Waals surface area (Å²) >= 11 is 0. The maximum absolute atomic E-state index is 11.3.